The molecule has 1 amide bonds. The summed E-state index contributed by atoms with van der Waals surface area (Å²) in [6, 6.07) is 7.86. The summed E-state index contributed by atoms with van der Waals surface area (Å²) < 4.78 is 2.12. The van der Waals surface area contributed by atoms with Crippen LogP contribution in [0.15, 0.2) is 39.9 Å². The first-order valence-electron chi connectivity index (χ1n) is 11.7. The van der Waals surface area contributed by atoms with E-state index in [4.69, 9.17) is 17.0 Å². The Morgan fingerprint density at radius 2 is 1.91 bits per heavy atom. The van der Waals surface area contributed by atoms with Gasteiger partial charge in [-0.05, 0) is 80.8 Å². The molecule has 1 N–H and O–H groups in total. The van der Waals surface area contributed by atoms with Crippen LogP contribution in [0.4, 0.5) is 0 Å². The largest absolute Gasteiger partial charge is 0.318 e. The number of carbonyl (C=O) groups is 1. The zero-order chi connectivity index (χ0) is 24.4. The molecule has 0 saturated heterocycles. The summed E-state index contributed by atoms with van der Waals surface area (Å²) in [5.41, 5.74) is 5.11. The molecule has 0 aliphatic carbocycles. The van der Waals surface area contributed by atoms with Crippen molar-refractivity contribution in [2.24, 2.45) is 10.1 Å². The fraction of sp³-hybridized carbons (Fsp3) is 0.385. The molecule has 0 bridgehead atoms. The summed E-state index contributed by atoms with van der Waals surface area (Å²) in [7, 11) is 0. The van der Waals surface area contributed by atoms with E-state index in [0.29, 0.717) is 10.2 Å². The van der Waals surface area contributed by atoms with Crippen LogP contribution in [0.1, 0.15) is 68.0 Å². The molecule has 2 aliphatic heterocycles. The number of unbranched alkanes of at least 4 members (excludes halogenated alkanes) is 4. The Morgan fingerprint density at radius 3 is 2.68 bits per heavy atom. The molecule has 0 atom stereocenters. The molecule has 0 saturated carbocycles. The molecule has 1 aromatic heterocycles. The predicted octanol–water partition coefficient (Wildman–Crippen LogP) is 7.04. The Bertz CT molecular complexity index is 1240. The molecule has 0 unspecified atom stereocenters. The average Bonchev–Trinajstić information content (AvgIpc) is 3.33. The Hall–Kier alpha value is -2.64. The lowest BCUT2D eigenvalue weighted by Gasteiger charge is -2.20. The first-order valence-corrected chi connectivity index (χ1v) is 12.9. The monoisotopic (exact) mass is 495 g/mol. The van der Waals surface area contributed by atoms with Crippen molar-refractivity contribution < 1.29 is 4.79 Å². The third kappa shape index (κ3) is 4.77. The Morgan fingerprint density at radius 1 is 1.15 bits per heavy atom. The zero-order valence-corrected chi connectivity index (χ0v) is 21.7. The van der Waals surface area contributed by atoms with E-state index in [1.165, 1.54) is 42.5 Å². The van der Waals surface area contributed by atoms with Crippen molar-refractivity contribution in [3.05, 3.63) is 57.4 Å². The number of hydrogen-bond acceptors (Lipinski definition) is 4. The van der Waals surface area contributed by atoms with Crippen LogP contribution in [0, 0.1) is 26.2 Å². The van der Waals surface area contributed by atoms with Crippen LogP contribution >= 0.6 is 23.4 Å². The molecule has 6 nitrogen and oxygen atoms in total. The van der Waals surface area contributed by atoms with Crippen molar-refractivity contribution in [2.75, 3.05) is 0 Å². The molecule has 0 radical (unpaired) electrons. The molecule has 34 heavy (non-hydrogen) atoms. The Labute approximate surface area is 210 Å². The average molecular weight is 496 g/mol. The van der Waals surface area contributed by atoms with Crippen molar-refractivity contribution in [2.45, 2.75) is 66.2 Å². The molecule has 1 aromatic carbocycles. The van der Waals surface area contributed by atoms with Gasteiger partial charge in [0.25, 0.3) is 5.91 Å². The fourth-order valence-corrected chi connectivity index (χ4v) is 5.41. The number of halogens is 1. The summed E-state index contributed by atoms with van der Waals surface area (Å²) >= 11 is 7.76. The highest BCUT2D eigenvalue weighted by molar-refractivity contribution is 8.26. The third-order valence-corrected chi connectivity index (χ3v) is 7.62. The third-order valence-electron chi connectivity index (χ3n) is 6.24. The maximum Gasteiger partial charge on any atom is 0.283 e. The Balaban J connectivity index is 1.59. The van der Waals surface area contributed by atoms with E-state index in [1.807, 2.05) is 45.0 Å². The second-order valence-electron chi connectivity index (χ2n) is 8.72. The van der Waals surface area contributed by atoms with Crippen LogP contribution in [0.3, 0.4) is 0 Å². The lowest BCUT2D eigenvalue weighted by Crippen LogP contribution is -2.35. The van der Waals surface area contributed by atoms with Gasteiger partial charge < -0.3 is 4.57 Å². The van der Waals surface area contributed by atoms with Crippen molar-refractivity contribution in [3.8, 4) is 5.69 Å². The van der Waals surface area contributed by atoms with Gasteiger partial charge in [-0.1, -0.05) is 50.3 Å². The lowest BCUT2D eigenvalue weighted by molar-refractivity contribution is -0.114. The van der Waals surface area contributed by atoms with Crippen molar-refractivity contribution in [1.82, 2.24) is 9.58 Å². The number of benzene rings is 1. The molecule has 2 aromatic rings. The van der Waals surface area contributed by atoms with E-state index in [2.05, 4.69) is 21.6 Å². The molecule has 0 spiro atoms. The SMILES string of the molecule is CCCCCCCC1=NN2C(=N)C(=Cc3cc(C)n(-c4cccc(Cl)c4C)c3C)C(=O)N=C2S1. The molecule has 178 valence electrons. The van der Waals surface area contributed by atoms with Gasteiger partial charge in [0, 0.05) is 22.1 Å². The number of carbonyl (C=O) groups excluding carboxylic acids is 1. The normalized spacial score (nSPS) is 16.9. The summed E-state index contributed by atoms with van der Waals surface area (Å²) in [6.07, 6.45) is 8.54. The summed E-state index contributed by atoms with van der Waals surface area (Å²) in [6.45, 7) is 8.23. The number of aromatic nitrogens is 1. The van der Waals surface area contributed by atoms with Gasteiger partial charge in [-0.3, -0.25) is 10.2 Å². The quantitative estimate of drug-likeness (QED) is 0.315. The smallest absolute Gasteiger partial charge is 0.283 e. The topological polar surface area (TPSA) is 73.8 Å². The molecular formula is C26H30ClN5OS. The fourth-order valence-electron chi connectivity index (χ4n) is 4.31. The maximum atomic E-state index is 12.9. The lowest BCUT2D eigenvalue weighted by atomic mass is 10.1. The molecule has 4 rings (SSSR count). The number of hydrogen-bond donors (Lipinski definition) is 1. The van der Waals surface area contributed by atoms with Crippen molar-refractivity contribution in [1.29, 1.82) is 5.41 Å². The van der Waals surface area contributed by atoms with Gasteiger partial charge in [0.1, 0.15) is 5.04 Å². The number of amides is 1. The van der Waals surface area contributed by atoms with E-state index in [0.717, 1.165) is 46.1 Å². The number of nitrogens with one attached hydrogen (secondary N) is 1. The van der Waals surface area contributed by atoms with Crippen LogP contribution in [-0.2, 0) is 4.79 Å². The minimum Gasteiger partial charge on any atom is -0.318 e. The number of nitrogens with zero attached hydrogens (tertiary/aromatic N) is 4. The number of aliphatic imine (C=N–C) groups is 1. The second kappa shape index (κ2) is 10.3. The standard InChI is InChI=1S/C26H30ClN5OS/c1-5-6-7-8-9-13-23-30-32-24(28)20(25(33)29-26(32)34-23)15-19-14-16(2)31(18(19)4)22-12-10-11-21(27)17(22)3/h10-12,14-15,28H,5-9,13H2,1-4H3. The van der Waals surface area contributed by atoms with Crippen LogP contribution in [-0.4, -0.2) is 31.5 Å². The van der Waals surface area contributed by atoms with Crippen molar-refractivity contribution in [3.63, 3.8) is 0 Å². The van der Waals surface area contributed by atoms with Crippen LogP contribution < -0.4 is 0 Å². The summed E-state index contributed by atoms with van der Waals surface area (Å²) in [4.78, 5) is 17.1. The zero-order valence-electron chi connectivity index (χ0n) is 20.1. The van der Waals surface area contributed by atoms with Gasteiger partial charge in [-0.2, -0.15) is 15.1 Å². The second-order valence-corrected chi connectivity index (χ2v) is 10.2. The number of hydrazone groups is 1. The molecule has 8 heteroatoms. The Kier molecular flexibility index (Phi) is 7.43. The number of fused-ring (bicyclic) bond motifs is 1. The van der Waals surface area contributed by atoms with Gasteiger partial charge in [0.15, 0.2) is 5.84 Å². The van der Waals surface area contributed by atoms with E-state index < -0.39 is 5.91 Å². The van der Waals surface area contributed by atoms with E-state index >= 15 is 0 Å². The van der Waals surface area contributed by atoms with Crippen LogP contribution in [0.5, 0.6) is 0 Å². The number of aryl methyl sites for hydroxylation is 1. The van der Waals surface area contributed by atoms with Gasteiger partial charge in [-0.25, -0.2) is 0 Å². The van der Waals surface area contributed by atoms with Gasteiger partial charge in [0.05, 0.1) is 5.57 Å². The first-order chi connectivity index (χ1) is 16.3. The number of amidine groups is 2. The highest BCUT2D eigenvalue weighted by atomic mass is 35.5. The van der Waals surface area contributed by atoms with Crippen molar-refractivity contribution >= 4 is 51.4 Å². The molecular weight excluding hydrogens is 466 g/mol. The van der Waals surface area contributed by atoms with Crippen LogP contribution in [0.25, 0.3) is 11.8 Å². The summed E-state index contributed by atoms with van der Waals surface area (Å²) in [5, 5.41) is 16.9. The van der Waals surface area contributed by atoms with Gasteiger partial charge >= 0.3 is 0 Å². The molecule has 2 aliphatic rings. The van der Waals surface area contributed by atoms with E-state index in [1.54, 1.807) is 6.08 Å². The minimum absolute atomic E-state index is 0.0761. The number of thioether (sulfide) groups is 1. The highest BCUT2D eigenvalue weighted by Gasteiger charge is 2.35. The van der Waals surface area contributed by atoms with Gasteiger partial charge in [-0.15, -0.1) is 0 Å². The van der Waals surface area contributed by atoms with E-state index in [-0.39, 0.29) is 11.4 Å². The predicted molar refractivity (Wildman–Crippen MR) is 143 cm³/mol. The minimum atomic E-state index is -0.396. The van der Waals surface area contributed by atoms with E-state index in [9.17, 15) is 4.79 Å². The van der Waals surface area contributed by atoms with Crippen LogP contribution in [0.2, 0.25) is 5.02 Å². The highest BCUT2D eigenvalue weighted by Crippen LogP contribution is 2.32. The van der Waals surface area contributed by atoms with Gasteiger partial charge in [0.2, 0.25) is 5.17 Å². The molecule has 3 heterocycles. The first kappa shape index (κ1) is 24.5. The number of rotatable bonds is 8. The maximum absolute atomic E-state index is 12.9. The summed E-state index contributed by atoms with van der Waals surface area (Å²) in [5.74, 6) is -0.320. The molecule has 0 fully saturated rings.